The first kappa shape index (κ1) is 23.1. The van der Waals surface area contributed by atoms with Crippen molar-refractivity contribution in [2.45, 2.75) is 65.9 Å². The molecule has 1 aromatic rings. The quantitative estimate of drug-likeness (QED) is 0.567. The number of carbonyl (C=O) groups is 1. The molecule has 0 unspecified atom stereocenters. The van der Waals surface area contributed by atoms with Gasteiger partial charge in [0.15, 0.2) is 0 Å². The molecule has 4 heteroatoms. The number of hydrogen-bond acceptors (Lipinski definition) is 3. The van der Waals surface area contributed by atoms with Crippen LogP contribution in [0, 0.1) is 19.8 Å². The Hall–Kier alpha value is -2.62. The number of allylic oxidation sites excluding steroid dienone is 4. The topological polar surface area (TPSA) is 42.4 Å². The van der Waals surface area contributed by atoms with E-state index >= 15 is 0 Å². The molecule has 3 heterocycles. The van der Waals surface area contributed by atoms with E-state index in [1.54, 1.807) is 0 Å². The molecule has 31 heavy (non-hydrogen) atoms. The van der Waals surface area contributed by atoms with Gasteiger partial charge in [0.1, 0.15) is 11.4 Å². The Morgan fingerprint density at radius 1 is 1.26 bits per heavy atom. The van der Waals surface area contributed by atoms with Crippen LogP contribution in [0.15, 0.2) is 54.0 Å². The molecule has 0 aliphatic carbocycles. The van der Waals surface area contributed by atoms with Gasteiger partial charge in [0.25, 0.3) is 0 Å². The number of amides is 1. The molecule has 1 amide bonds. The van der Waals surface area contributed by atoms with Crippen LogP contribution >= 0.6 is 0 Å². The average molecular weight is 421 g/mol. The lowest BCUT2D eigenvalue weighted by molar-refractivity contribution is -0.140. The van der Waals surface area contributed by atoms with E-state index in [4.69, 9.17) is 4.74 Å². The van der Waals surface area contributed by atoms with E-state index in [1.807, 2.05) is 37.9 Å². The molecule has 0 radical (unpaired) electrons. The van der Waals surface area contributed by atoms with E-state index < -0.39 is 0 Å². The van der Waals surface area contributed by atoms with E-state index in [0.717, 1.165) is 66.9 Å². The summed E-state index contributed by atoms with van der Waals surface area (Å²) >= 11 is 0. The Bertz CT molecular complexity index is 944. The van der Waals surface area contributed by atoms with Gasteiger partial charge in [-0.1, -0.05) is 33.1 Å². The summed E-state index contributed by atoms with van der Waals surface area (Å²) in [5.41, 5.74) is 6.44. The van der Waals surface area contributed by atoms with Crippen LogP contribution in [0.2, 0.25) is 0 Å². The Morgan fingerprint density at radius 2 is 1.94 bits per heavy atom. The molecule has 4 nitrogen and oxygen atoms in total. The van der Waals surface area contributed by atoms with Crippen molar-refractivity contribution in [3.05, 3.63) is 70.8 Å². The molecule has 2 aliphatic heterocycles. The van der Waals surface area contributed by atoms with E-state index in [0.29, 0.717) is 0 Å². The zero-order valence-electron chi connectivity index (χ0n) is 19.8. The number of aromatic nitrogens is 1. The third-order valence-corrected chi connectivity index (χ3v) is 6.75. The third-order valence-electron chi connectivity index (χ3n) is 6.75. The lowest BCUT2D eigenvalue weighted by atomic mass is 9.82. The fraction of sp³-hybridized carbons (Fsp3) is 0.481. The minimum Gasteiger partial charge on any atom is -0.487 e. The van der Waals surface area contributed by atoms with Gasteiger partial charge in [0.05, 0.1) is 0 Å². The highest BCUT2D eigenvalue weighted by molar-refractivity contribution is 5.78. The summed E-state index contributed by atoms with van der Waals surface area (Å²) < 4.78 is 6.38. The number of likely N-dealkylation sites (tertiary alicyclic amines) is 1. The summed E-state index contributed by atoms with van der Waals surface area (Å²) in [5.74, 6) is 1.04. The zero-order chi connectivity index (χ0) is 22.8. The molecule has 1 aromatic heterocycles. The molecule has 0 atom stereocenters. The molecule has 2 aliphatic rings. The number of carbonyl (C=O) groups excluding carboxylic acids is 1. The summed E-state index contributed by atoms with van der Waals surface area (Å²) in [6.45, 7) is 20.2. The van der Waals surface area contributed by atoms with Crippen molar-refractivity contribution < 1.29 is 9.53 Å². The van der Waals surface area contributed by atoms with Crippen molar-refractivity contribution in [3.63, 3.8) is 0 Å². The number of ether oxygens (including phenoxy) is 1. The van der Waals surface area contributed by atoms with Gasteiger partial charge >= 0.3 is 0 Å². The van der Waals surface area contributed by atoms with Crippen LogP contribution in [0.3, 0.4) is 0 Å². The Morgan fingerprint density at radius 3 is 2.55 bits per heavy atom. The molecule has 3 rings (SSSR count). The molecule has 2 fully saturated rings. The normalized spacial score (nSPS) is 20.3. The summed E-state index contributed by atoms with van der Waals surface area (Å²) in [7, 11) is 0. The summed E-state index contributed by atoms with van der Waals surface area (Å²) in [5, 5.41) is 0. The number of nitrogens with zero attached hydrogens (tertiary/aromatic N) is 2. The monoisotopic (exact) mass is 420 g/mol. The van der Waals surface area contributed by atoms with Crippen molar-refractivity contribution in [1.82, 2.24) is 9.88 Å². The minimum absolute atomic E-state index is 0.0491. The van der Waals surface area contributed by atoms with Crippen LogP contribution in [-0.4, -0.2) is 34.5 Å². The highest BCUT2D eigenvalue weighted by Gasteiger charge is 2.41. The first-order valence-electron chi connectivity index (χ1n) is 11.3. The van der Waals surface area contributed by atoms with Gasteiger partial charge in [-0.3, -0.25) is 9.78 Å². The van der Waals surface area contributed by atoms with Crippen molar-refractivity contribution in [2.75, 3.05) is 13.1 Å². The Kier molecular flexibility index (Phi) is 6.88. The maximum Gasteiger partial charge on any atom is 0.225 e. The third kappa shape index (κ3) is 5.17. The van der Waals surface area contributed by atoms with Gasteiger partial charge in [-0.15, -0.1) is 0 Å². The molecule has 0 saturated carbocycles. The minimum atomic E-state index is -0.180. The largest absolute Gasteiger partial charge is 0.487 e. The molecule has 166 valence electrons. The number of aryl methyl sites for hydroxylation is 1. The number of piperidine rings is 1. The zero-order valence-corrected chi connectivity index (χ0v) is 19.8. The standard InChI is InChI=1S/C27H36N2O2/c1-18(2)26(30)29-14-11-27(12-15-29)10-8-25(23(7)31-27)17-20(4)19(3)16-24-9-13-28-22(6)21(24)5/h9,13,16-18H,4,7-8,10-12,14-15H2,1-3,5-6H3/b19-16+,25-17-. The molecular weight excluding hydrogens is 384 g/mol. The maximum absolute atomic E-state index is 12.3. The first-order chi connectivity index (χ1) is 14.6. The van der Waals surface area contributed by atoms with Crippen LogP contribution in [0.4, 0.5) is 0 Å². The SMILES string of the molecule is C=C1OC2(CC/C1=C/C(=C)/C(C)=C/c1ccnc(C)c1C)CCN(C(=O)C(C)C)CC2. The van der Waals surface area contributed by atoms with Gasteiger partial charge in [0, 0.05) is 43.7 Å². The molecule has 2 saturated heterocycles. The van der Waals surface area contributed by atoms with E-state index in [-0.39, 0.29) is 17.4 Å². The van der Waals surface area contributed by atoms with Crippen LogP contribution < -0.4 is 0 Å². The lowest BCUT2D eigenvalue weighted by Gasteiger charge is -2.45. The average Bonchev–Trinajstić information content (AvgIpc) is 2.73. The molecule has 0 bridgehead atoms. The van der Waals surface area contributed by atoms with Gasteiger partial charge in [-0.2, -0.15) is 0 Å². The first-order valence-corrected chi connectivity index (χ1v) is 11.3. The van der Waals surface area contributed by atoms with E-state index in [9.17, 15) is 4.79 Å². The fourth-order valence-electron chi connectivity index (χ4n) is 4.35. The highest BCUT2D eigenvalue weighted by Crippen LogP contribution is 2.41. The summed E-state index contributed by atoms with van der Waals surface area (Å²) in [4.78, 5) is 18.6. The molecular formula is C27H36N2O2. The predicted octanol–water partition coefficient (Wildman–Crippen LogP) is 5.93. The second-order valence-corrected chi connectivity index (χ2v) is 9.32. The van der Waals surface area contributed by atoms with Crippen molar-refractivity contribution in [1.29, 1.82) is 0 Å². The second kappa shape index (κ2) is 9.25. The lowest BCUT2D eigenvalue weighted by Crippen LogP contribution is -2.50. The van der Waals surface area contributed by atoms with Gasteiger partial charge in [-0.25, -0.2) is 0 Å². The fourth-order valence-corrected chi connectivity index (χ4v) is 4.35. The summed E-state index contributed by atoms with van der Waals surface area (Å²) in [6, 6.07) is 2.04. The number of hydrogen-bond donors (Lipinski definition) is 0. The van der Waals surface area contributed by atoms with Gasteiger partial charge in [-0.05, 0) is 73.6 Å². The maximum atomic E-state index is 12.3. The van der Waals surface area contributed by atoms with E-state index in [2.05, 4.69) is 44.1 Å². The number of pyridine rings is 1. The Labute approximate surface area is 187 Å². The van der Waals surface area contributed by atoms with Crippen molar-refractivity contribution in [2.24, 2.45) is 5.92 Å². The van der Waals surface area contributed by atoms with Gasteiger partial charge in [0.2, 0.25) is 5.91 Å². The van der Waals surface area contributed by atoms with Crippen LogP contribution in [-0.2, 0) is 9.53 Å². The predicted molar refractivity (Wildman–Crippen MR) is 127 cm³/mol. The molecule has 1 spiro atoms. The smallest absolute Gasteiger partial charge is 0.225 e. The van der Waals surface area contributed by atoms with Crippen LogP contribution in [0.1, 0.15) is 63.3 Å². The van der Waals surface area contributed by atoms with Crippen molar-refractivity contribution in [3.8, 4) is 0 Å². The van der Waals surface area contributed by atoms with Gasteiger partial charge < -0.3 is 9.64 Å². The van der Waals surface area contributed by atoms with Crippen molar-refractivity contribution >= 4 is 12.0 Å². The number of rotatable bonds is 4. The molecule has 0 aromatic carbocycles. The highest BCUT2D eigenvalue weighted by atomic mass is 16.5. The summed E-state index contributed by atoms with van der Waals surface area (Å²) in [6.07, 6.45) is 9.76. The van der Waals surface area contributed by atoms with E-state index in [1.165, 1.54) is 11.1 Å². The molecule has 0 N–H and O–H groups in total. The second-order valence-electron chi connectivity index (χ2n) is 9.32. The van der Waals surface area contributed by atoms with Crippen LogP contribution in [0.25, 0.3) is 6.08 Å². The Balaban J connectivity index is 1.65. The van der Waals surface area contributed by atoms with Crippen LogP contribution in [0.5, 0.6) is 0 Å².